The Morgan fingerprint density at radius 1 is 1.13 bits per heavy atom. The lowest BCUT2D eigenvalue weighted by atomic mass is 9.75. The van der Waals surface area contributed by atoms with Crippen LogP contribution >= 0.6 is 0 Å². The van der Waals surface area contributed by atoms with Gasteiger partial charge in [-0.3, -0.25) is 14.3 Å². The molecule has 0 amide bonds. The van der Waals surface area contributed by atoms with Crippen molar-refractivity contribution < 1.29 is 9.18 Å². The van der Waals surface area contributed by atoms with Crippen LogP contribution in [0.25, 0.3) is 22.7 Å². The molecule has 0 aliphatic heterocycles. The highest BCUT2D eigenvalue weighted by atomic mass is 19.1. The van der Waals surface area contributed by atoms with Gasteiger partial charge >= 0.3 is 0 Å². The summed E-state index contributed by atoms with van der Waals surface area (Å²) in [6, 6.07) is 13.6. The van der Waals surface area contributed by atoms with Crippen LogP contribution < -0.4 is 5.73 Å². The van der Waals surface area contributed by atoms with Crippen LogP contribution in [0.3, 0.4) is 0 Å². The average Bonchev–Trinajstić information content (AvgIpc) is 3.41. The molecule has 0 bridgehead atoms. The average molecular weight is 506 g/mol. The molecule has 3 aromatic heterocycles. The van der Waals surface area contributed by atoms with Crippen molar-refractivity contribution in [1.29, 1.82) is 0 Å². The molecule has 4 aromatic rings. The number of hydrogen-bond acceptors (Lipinski definition) is 5. The van der Waals surface area contributed by atoms with Crippen LogP contribution in [0, 0.1) is 11.2 Å². The Hall–Kier alpha value is -4.65. The molecule has 0 spiro atoms. The molecule has 0 saturated heterocycles. The maximum absolute atomic E-state index is 13.9. The second-order valence-electron chi connectivity index (χ2n) is 10.0. The molecule has 3 heterocycles. The number of allylic oxidation sites excluding steroid dienone is 4. The van der Waals surface area contributed by atoms with E-state index in [4.69, 9.17) is 10.7 Å². The number of aryl methyl sites for hydroxylation is 1. The van der Waals surface area contributed by atoms with Crippen molar-refractivity contribution in [2.45, 2.75) is 26.7 Å². The van der Waals surface area contributed by atoms with Gasteiger partial charge < -0.3 is 5.73 Å². The number of pyridine rings is 2. The molecule has 6 nitrogen and oxygen atoms in total. The van der Waals surface area contributed by atoms with E-state index in [0.717, 1.165) is 24.1 Å². The van der Waals surface area contributed by atoms with E-state index in [0.29, 0.717) is 39.5 Å². The van der Waals surface area contributed by atoms with Crippen LogP contribution in [0.2, 0.25) is 0 Å². The number of carbonyl (C=O) groups excluding carboxylic acids is 1. The topological polar surface area (TPSA) is 86.7 Å². The molecule has 1 aromatic carbocycles. The summed E-state index contributed by atoms with van der Waals surface area (Å²) in [5, 5.41) is 0. The molecular formula is C31H28FN5O. The van der Waals surface area contributed by atoms with Gasteiger partial charge in [-0.15, -0.1) is 0 Å². The molecule has 190 valence electrons. The van der Waals surface area contributed by atoms with Crippen molar-refractivity contribution in [3.05, 3.63) is 126 Å². The van der Waals surface area contributed by atoms with Crippen molar-refractivity contribution >= 4 is 22.6 Å². The predicted octanol–water partition coefficient (Wildman–Crippen LogP) is 6.05. The van der Waals surface area contributed by atoms with E-state index in [1.807, 2.05) is 55.0 Å². The zero-order valence-corrected chi connectivity index (χ0v) is 21.4. The standard InChI is InChI=1S/C31H28FN5O/c1-20(21-6-4-8-24(32)15-21)14-23(16-26(33)22-7-5-13-34-17-22)28-18-37(19-35-28)29-10-9-25-27(36-29)11-12-31(2,3)30(25)38/h4-10,13-19H,1,11-12,33H2,2-3H3/b23-14+,26-16-. The number of aromatic nitrogens is 4. The lowest BCUT2D eigenvalue weighted by Gasteiger charge is -2.29. The third-order valence-corrected chi connectivity index (χ3v) is 6.78. The number of nitrogens with two attached hydrogens (primary N) is 1. The van der Waals surface area contributed by atoms with Crippen molar-refractivity contribution in [2.24, 2.45) is 11.1 Å². The molecule has 0 fully saturated rings. The predicted molar refractivity (Wildman–Crippen MR) is 148 cm³/mol. The summed E-state index contributed by atoms with van der Waals surface area (Å²) in [6.07, 6.45) is 12.0. The Balaban J connectivity index is 1.53. The zero-order chi connectivity index (χ0) is 26.9. The number of ketones is 1. The van der Waals surface area contributed by atoms with Gasteiger partial charge in [-0.25, -0.2) is 14.4 Å². The Kier molecular flexibility index (Phi) is 6.59. The van der Waals surface area contributed by atoms with Gasteiger partial charge in [0.1, 0.15) is 18.0 Å². The van der Waals surface area contributed by atoms with Crippen molar-refractivity contribution in [1.82, 2.24) is 19.5 Å². The van der Waals surface area contributed by atoms with Gasteiger partial charge in [0.25, 0.3) is 0 Å². The minimum absolute atomic E-state index is 0.126. The fourth-order valence-electron chi connectivity index (χ4n) is 4.47. The van der Waals surface area contributed by atoms with Gasteiger partial charge in [-0.1, -0.05) is 32.6 Å². The lowest BCUT2D eigenvalue weighted by molar-refractivity contribution is 0.0809. The molecule has 0 radical (unpaired) electrons. The second-order valence-corrected chi connectivity index (χ2v) is 10.0. The summed E-state index contributed by atoms with van der Waals surface area (Å²) in [5.41, 5.74) is 11.4. The summed E-state index contributed by atoms with van der Waals surface area (Å²) in [4.78, 5) is 26.3. The number of nitrogens with zero attached hydrogens (tertiary/aromatic N) is 4. The molecule has 0 saturated carbocycles. The molecule has 0 unspecified atom stereocenters. The van der Waals surface area contributed by atoms with Gasteiger partial charge in [-0.05, 0) is 72.5 Å². The maximum Gasteiger partial charge on any atom is 0.170 e. The number of Topliss-reactive ketones (excluding diaryl/α,β-unsaturated/α-hetero) is 1. The molecule has 38 heavy (non-hydrogen) atoms. The molecule has 1 aliphatic rings. The number of carbonyl (C=O) groups is 1. The number of imidazole rings is 1. The fourth-order valence-corrected chi connectivity index (χ4v) is 4.47. The SMILES string of the molecule is C=C(/C=C(\C=C(/N)c1cccnc1)c1cn(-c2ccc3c(n2)CCC(C)(C)C3=O)cn1)c1cccc(F)c1. The maximum atomic E-state index is 13.9. The zero-order valence-electron chi connectivity index (χ0n) is 21.4. The summed E-state index contributed by atoms with van der Waals surface area (Å²) >= 11 is 0. The van der Waals surface area contributed by atoms with E-state index in [-0.39, 0.29) is 17.0 Å². The van der Waals surface area contributed by atoms with E-state index < -0.39 is 0 Å². The smallest absolute Gasteiger partial charge is 0.170 e. The Morgan fingerprint density at radius 2 is 1.95 bits per heavy atom. The summed E-state index contributed by atoms with van der Waals surface area (Å²) < 4.78 is 15.7. The monoisotopic (exact) mass is 505 g/mol. The van der Waals surface area contributed by atoms with Crippen LogP contribution in [0.1, 0.15) is 53.1 Å². The Labute approximate surface area is 221 Å². The number of fused-ring (bicyclic) bond motifs is 1. The molecule has 2 N–H and O–H groups in total. The van der Waals surface area contributed by atoms with Crippen LogP contribution in [0.5, 0.6) is 0 Å². The van der Waals surface area contributed by atoms with E-state index >= 15 is 0 Å². The minimum atomic E-state index is -0.372. The first-order valence-electron chi connectivity index (χ1n) is 12.3. The molecule has 7 heteroatoms. The summed E-state index contributed by atoms with van der Waals surface area (Å²) in [7, 11) is 0. The number of hydrogen-bond donors (Lipinski definition) is 1. The van der Waals surface area contributed by atoms with Crippen LogP contribution in [0.15, 0.2) is 92.2 Å². The van der Waals surface area contributed by atoms with Crippen LogP contribution in [-0.2, 0) is 6.42 Å². The quantitative estimate of drug-likeness (QED) is 0.322. The third-order valence-electron chi connectivity index (χ3n) is 6.78. The highest BCUT2D eigenvalue weighted by Crippen LogP contribution is 2.34. The lowest BCUT2D eigenvalue weighted by Crippen LogP contribution is -2.31. The van der Waals surface area contributed by atoms with Crippen molar-refractivity contribution in [3.63, 3.8) is 0 Å². The Morgan fingerprint density at radius 3 is 2.71 bits per heavy atom. The van der Waals surface area contributed by atoms with Crippen molar-refractivity contribution in [2.75, 3.05) is 0 Å². The van der Waals surface area contributed by atoms with E-state index in [9.17, 15) is 9.18 Å². The van der Waals surface area contributed by atoms with Crippen molar-refractivity contribution in [3.8, 4) is 5.82 Å². The molecular weight excluding hydrogens is 477 g/mol. The molecule has 5 rings (SSSR count). The first-order valence-corrected chi connectivity index (χ1v) is 12.3. The molecule has 0 atom stereocenters. The molecule has 1 aliphatic carbocycles. The van der Waals surface area contributed by atoms with E-state index in [2.05, 4.69) is 16.5 Å². The van der Waals surface area contributed by atoms with Gasteiger partial charge in [0, 0.05) is 46.4 Å². The van der Waals surface area contributed by atoms with Gasteiger partial charge in [0.05, 0.1) is 11.4 Å². The van der Waals surface area contributed by atoms with Crippen LogP contribution in [0.4, 0.5) is 4.39 Å². The number of rotatable bonds is 6. The number of benzene rings is 1. The highest BCUT2D eigenvalue weighted by Gasteiger charge is 2.34. The minimum Gasteiger partial charge on any atom is -0.398 e. The Bertz CT molecular complexity index is 1600. The first-order chi connectivity index (χ1) is 18.2. The summed E-state index contributed by atoms with van der Waals surface area (Å²) in [5.74, 6) is 0.456. The van der Waals surface area contributed by atoms with Gasteiger partial charge in [0.2, 0.25) is 0 Å². The third kappa shape index (κ3) is 5.09. The largest absolute Gasteiger partial charge is 0.398 e. The highest BCUT2D eigenvalue weighted by molar-refractivity contribution is 6.02. The second kappa shape index (κ2) is 10.0. The fraction of sp³-hybridized carbons (Fsp3) is 0.161. The van der Waals surface area contributed by atoms with E-state index in [1.54, 1.807) is 36.9 Å². The first kappa shape index (κ1) is 25.0. The van der Waals surface area contributed by atoms with Crippen LogP contribution in [-0.4, -0.2) is 25.3 Å². The van der Waals surface area contributed by atoms with Gasteiger partial charge in [0.15, 0.2) is 5.78 Å². The summed E-state index contributed by atoms with van der Waals surface area (Å²) in [6.45, 7) is 8.09. The van der Waals surface area contributed by atoms with Gasteiger partial charge in [-0.2, -0.15) is 0 Å². The number of halogens is 1. The van der Waals surface area contributed by atoms with E-state index in [1.165, 1.54) is 12.1 Å². The normalized spacial score (nSPS) is 15.3.